The molecule has 2 nitrogen and oxygen atoms in total. The summed E-state index contributed by atoms with van der Waals surface area (Å²) in [6.07, 6.45) is 0.815. The fourth-order valence-electron chi connectivity index (χ4n) is 1.97. The molecule has 1 unspecified atom stereocenters. The molecule has 0 aromatic heterocycles. The standard InChI is InChI=1S/C8H14O2/c1-7(2)4-8(3,5-9)6(7)10/h9H,4-5H2,1-3H3. The molecule has 0 bridgehead atoms. The average Bonchev–Trinajstić information content (AvgIpc) is 1.86. The number of rotatable bonds is 1. The van der Waals surface area contributed by atoms with E-state index in [2.05, 4.69) is 0 Å². The predicted molar refractivity (Wildman–Crippen MR) is 38.6 cm³/mol. The van der Waals surface area contributed by atoms with Crippen LogP contribution in [0.5, 0.6) is 0 Å². The van der Waals surface area contributed by atoms with Crippen LogP contribution in [-0.2, 0) is 4.79 Å². The minimum atomic E-state index is -0.427. The van der Waals surface area contributed by atoms with Gasteiger partial charge in [0.1, 0.15) is 5.78 Å². The van der Waals surface area contributed by atoms with Crippen LogP contribution in [0.3, 0.4) is 0 Å². The number of carbonyl (C=O) groups excluding carboxylic acids is 1. The second-order valence-electron chi connectivity index (χ2n) is 4.11. The second kappa shape index (κ2) is 1.82. The van der Waals surface area contributed by atoms with Gasteiger partial charge in [-0.1, -0.05) is 20.8 Å². The van der Waals surface area contributed by atoms with Crippen molar-refractivity contribution < 1.29 is 9.90 Å². The van der Waals surface area contributed by atoms with Crippen molar-refractivity contribution in [2.45, 2.75) is 27.2 Å². The topological polar surface area (TPSA) is 37.3 Å². The van der Waals surface area contributed by atoms with Crippen molar-refractivity contribution in [3.05, 3.63) is 0 Å². The van der Waals surface area contributed by atoms with Crippen LogP contribution in [0.25, 0.3) is 0 Å². The zero-order valence-electron chi connectivity index (χ0n) is 6.77. The van der Waals surface area contributed by atoms with Gasteiger partial charge in [0.2, 0.25) is 0 Å². The molecular formula is C8H14O2. The molecule has 0 saturated heterocycles. The van der Waals surface area contributed by atoms with E-state index in [1.165, 1.54) is 0 Å². The summed E-state index contributed by atoms with van der Waals surface area (Å²) in [5.41, 5.74) is -0.610. The fourth-order valence-corrected chi connectivity index (χ4v) is 1.97. The average molecular weight is 142 g/mol. The minimum Gasteiger partial charge on any atom is -0.395 e. The van der Waals surface area contributed by atoms with Crippen LogP contribution in [0, 0.1) is 10.8 Å². The monoisotopic (exact) mass is 142 g/mol. The van der Waals surface area contributed by atoms with E-state index >= 15 is 0 Å². The van der Waals surface area contributed by atoms with Crippen LogP contribution in [-0.4, -0.2) is 17.5 Å². The van der Waals surface area contributed by atoms with Crippen LogP contribution in [0.2, 0.25) is 0 Å². The first-order chi connectivity index (χ1) is 4.42. The first kappa shape index (κ1) is 7.73. The predicted octanol–water partition coefficient (Wildman–Crippen LogP) is 0.984. The molecule has 1 aliphatic rings. The number of hydrogen-bond donors (Lipinski definition) is 1. The molecule has 0 aromatic rings. The zero-order chi connectivity index (χ0) is 7.99. The molecule has 0 heterocycles. The van der Waals surface area contributed by atoms with E-state index in [1.807, 2.05) is 20.8 Å². The largest absolute Gasteiger partial charge is 0.395 e. The van der Waals surface area contributed by atoms with Crippen molar-refractivity contribution in [2.75, 3.05) is 6.61 Å². The summed E-state index contributed by atoms with van der Waals surface area (Å²) in [5, 5.41) is 8.83. The van der Waals surface area contributed by atoms with E-state index in [-0.39, 0.29) is 17.8 Å². The van der Waals surface area contributed by atoms with Gasteiger partial charge in [-0.05, 0) is 6.42 Å². The third-order valence-electron chi connectivity index (χ3n) is 2.34. The molecule has 1 aliphatic carbocycles. The molecule has 58 valence electrons. The normalized spacial score (nSPS) is 37.4. The maximum atomic E-state index is 11.3. The van der Waals surface area contributed by atoms with Gasteiger partial charge < -0.3 is 5.11 Å². The van der Waals surface area contributed by atoms with Gasteiger partial charge in [0.05, 0.1) is 12.0 Å². The van der Waals surface area contributed by atoms with Crippen molar-refractivity contribution in [1.82, 2.24) is 0 Å². The Hall–Kier alpha value is -0.370. The first-order valence-corrected chi connectivity index (χ1v) is 3.58. The van der Waals surface area contributed by atoms with Gasteiger partial charge >= 0.3 is 0 Å². The Balaban J connectivity index is 2.71. The van der Waals surface area contributed by atoms with Crippen molar-refractivity contribution >= 4 is 5.78 Å². The van der Waals surface area contributed by atoms with Gasteiger partial charge in [0, 0.05) is 5.41 Å². The molecule has 0 amide bonds. The third kappa shape index (κ3) is 0.788. The Kier molecular flexibility index (Phi) is 1.40. The quantitative estimate of drug-likeness (QED) is 0.592. The summed E-state index contributed by atoms with van der Waals surface area (Å²) >= 11 is 0. The lowest BCUT2D eigenvalue weighted by molar-refractivity contribution is -0.157. The lowest BCUT2D eigenvalue weighted by atomic mass is 9.54. The highest BCUT2D eigenvalue weighted by atomic mass is 16.3. The molecule has 1 N–H and O–H groups in total. The van der Waals surface area contributed by atoms with Gasteiger partial charge in [-0.3, -0.25) is 4.79 Å². The highest BCUT2D eigenvalue weighted by molar-refractivity contribution is 5.95. The van der Waals surface area contributed by atoms with Gasteiger partial charge in [0.25, 0.3) is 0 Å². The van der Waals surface area contributed by atoms with E-state index in [0.717, 1.165) is 6.42 Å². The Morgan fingerprint density at radius 2 is 2.00 bits per heavy atom. The molecule has 2 heteroatoms. The summed E-state index contributed by atoms with van der Waals surface area (Å²) in [5.74, 6) is 0.197. The van der Waals surface area contributed by atoms with Gasteiger partial charge in [0.15, 0.2) is 0 Å². The van der Waals surface area contributed by atoms with Crippen LogP contribution < -0.4 is 0 Å². The smallest absolute Gasteiger partial charge is 0.146 e. The number of aliphatic hydroxyl groups is 1. The third-order valence-corrected chi connectivity index (χ3v) is 2.34. The van der Waals surface area contributed by atoms with E-state index in [1.54, 1.807) is 0 Å². The van der Waals surface area contributed by atoms with Crippen LogP contribution in [0.4, 0.5) is 0 Å². The molecule has 0 aliphatic heterocycles. The molecule has 0 spiro atoms. The number of aliphatic hydroxyl groups excluding tert-OH is 1. The summed E-state index contributed by atoms with van der Waals surface area (Å²) in [6.45, 7) is 5.66. The molecule has 1 saturated carbocycles. The van der Waals surface area contributed by atoms with Gasteiger partial charge in [-0.25, -0.2) is 0 Å². The summed E-state index contributed by atoms with van der Waals surface area (Å²) in [4.78, 5) is 11.3. The Morgan fingerprint density at radius 1 is 1.50 bits per heavy atom. The number of ketones is 1. The molecule has 0 aromatic carbocycles. The highest BCUT2D eigenvalue weighted by Gasteiger charge is 2.54. The zero-order valence-corrected chi connectivity index (χ0v) is 6.77. The van der Waals surface area contributed by atoms with Gasteiger partial charge in [-0.15, -0.1) is 0 Å². The molecule has 10 heavy (non-hydrogen) atoms. The second-order valence-corrected chi connectivity index (χ2v) is 4.11. The lowest BCUT2D eigenvalue weighted by Crippen LogP contribution is -2.54. The van der Waals surface area contributed by atoms with Crippen molar-refractivity contribution in [3.63, 3.8) is 0 Å². The van der Waals surface area contributed by atoms with Crippen molar-refractivity contribution in [2.24, 2.45) is 10.8 Å². The van der Waals surface area contributed by atoms with Crippen LogP contribution >= 0.6 is 0 Å². The summed E-state index contributed by atoms with van der Waals surface area (Å²) in [6, 6.07) is 0. The fraction of sp³-hybridized carbons (Fsp3) is 0.875. The Bertz CT molecular complexity index is 172. The summed E-state index contributed by atoms with van der Waals surface area (Å²) in [7, 11) is 0. The molecule has 0 radical (unpaired) electrons. The van der Waals surface area contributed by atoms with Crippen LogP contribution in [0.1, 0.15) is 27.2 Å². The number of Topliss-reactive ketones (excluding diaryl/α,β-unsaturated/α-hetero) is 1. The van der Waals surface area contributed by atoms with Gasteiger partial charge in [-0.2, -0.15) is 0 Å². The SMILES string of the molecule is CC1(C)CC(C)(CO)C1=O. The maximum Gasteiger partial charge on any atom is 0.146 e. The Labute approximate surface area is 61.2 Å². The minimum absolute atomic E-state index is 0.00470. The van der Waals surface area contributed by atoms with E-state index < -0.39 is 5.41 Å². The number of carbonyl (C=O) groups is 1. The van der Waals surface area contributed by atoms with E-state index in [9.17, 15) is 4.79 Å². The lowest BCUT2D eigenvalue weighted by Gasteiger charge is -2.48. The molecular weight excluding hydrogens is 128 g/mol. The van der Waals surface area contributed by atoms with E-state index in [0.29, 0.717) is 0 Å². The molecule has 1 fully saturated rings. The van der Waals surface area contributed by atoms with Crippen LogP contribution in [0.15, 0.2) is 0 Å². The summed E-state index contributed by atoms with van der Waals surface area (Å²) < 4.78 is 0. The number of hydrogen-bond acceptors (Lipinski definition) is 2. The maximum absolute atomic E-state index is 11.3. The van der Waals surface area contributed by atoms with Crippen molar-refractivity contribution in [3.8, 4) is 0 Å². The highest BCUT2D eigenvalue weighted by Crippen LogP contribution is 2.49. The van der Waals surface area contributed by atoms with E-state index in [4.69, 9.17) is 5.11 Å². The molecule has 1 rings (SSSR count). The molecule has 1 atom stereocenters. The first-order valence-electron chi connectivity index (χ1n) is 3.58. The van der Waals surface area contributed by atoms with Crippen molar-refractivity contribution in [1.29, 1.82) is 0 Å². The Morgan fingerprint density at radius 3 is 2.10 bits per heavy atom.